The number of nitrogens with zero attached hydrogens (tertiary/aromatic N) is 3. The van der Waals surface area contributed by atoms with Crippen LogP contribution in [0.3, 0.4) is 0 Å². The summed E-state index contributed by atoms with van der Waals surface area (Å²) in [6.45, 7) is 12.3. The molecule has 138 valence electrons. The lowest BCUT2D eigenvalue weighted by molar-refractivity contribution is -0.130. The zero-order chi connectivity index (χ0) is 18.2. The highest BCUT2D eigenvalue weighted by Crippen LogP contribution is 2.13. The maximum atomic E-state index is 11.5. The highest BCUT2D eigenvalue weighted by Gasteiger charge is 2.21. The van der Waals surface area contributed by atoms with E-state index in [0.29, 0.717) is 6.54 Å². The Kier molecular flexibility index (Phi) is 7.10. The molecule has 1 aliphatic heterocycles. The van der Waals surface area contributed by atoms with Gasteiger partial charge in [-0.1, -0.05) is 17.7 Å². The number of aryl methyl sites for hydroxylation is 1. The second kappa shape index (κ2) is 9.30. The fourth-order valence-corrected chi connectivity index (χ4v) is 2.76. The van der Waals surface area contributed by atoms with Gasteiger partial charge in [0.05, 0.1) is 6.54 Å². The van der Waals surface area contributed by atoms with Crippen LogP contribution in [0.2, 0.25) is 0 Å². The fourth-order valence-electron chi connectivity index (χ4n) is 2.76. The van der Waals surface area contributed by atoms with Crippen LogP contribution in [-0.4, -0.2) is 67.0 Å². The van der Waals surface area contributed by atoms with Gasteiger partial charge in [0.15, 0.2) is 5.96 Å². The summed E-state index contributed by atoms with van der Waals surface area (Å²) in [5.74, 6) is 1.90. The van der Waals surface area contributed by atoms with Crippen LogP contribution in [0.15, 0.2) is 29.3 Å². The summed E-state index contributed by atoms with van der Waals surface area (Å²) in [6, 6.07) is 8.07. The molecule has 6 heteroatoms. The standard InChI is InChI=1S/C19H30N4O2/c1-5-20-19(23-12-10-22(11-13-23)17(4)24)21-14-16(3)25-18-8-6-15(2)7-9-18/h6-9,16H,5,10-14H2,1-4H3,(H,20,21). The number of guanidine groups is 1. The molecule has 1 amide bonds. The van der Waals surface area contributed by atoms with E-state index in [9.17, 15) is 4.79 Å². The highest BCUT2D eigenvalue weighted by atomic mass is 16.5. The Labute approximate surface area is 150 Å². The zero-order valence-corrected chi connectivity index (χ0v) is 15.8. The molecule has 1 aromatic carbocycles. The number of nitrogens with one attached hydrogen (secondary N) is 1. The van der Waals surface area contributed by atoms with Crippen molar-refractivity contribution in [2.75, 3.05) is 39.3 Å². The number of piperazine rings is 1. The van der Waals surface area contributed by atoms with E-state index in [4.69, 9.17) is 9.73 Å². The second-order valence-electron chi connectivity index (χ2n) is 6.43. The van der Waals surface area contributed by atoms with Gasteiger partial charge in [-0.05, 0) is 32.9 Å². The average Bonchev–Trinajstić information content (AvgIpc) is 2.60. The molecule has 0 aromatic heterocycles. The smallest absolute Gasteiger partial charge is 0.219 e. The number of carbonyl (C=O) groups excluding carboxylic acids is 1. The minimum Gasteiger partial charge on any atom is -0.489 e. The molecule has 25 heavy (non-hydrogen) atoms. The molecule has 1 aliphatic rings. The van der Waals surface area contributed by atoms with Crippen molar-refractivity contribution >= 4 is 11.9 Å². The molecule has 1 N–H and O–H groups in total. The number of ether oxygens (including phenoxy) is 1. The van der Waals surface area contributed by atoms with Crippen molar-refractivity contribution in [3.05, 3.63) is 29.8 Å². The van der Waals surface area contributed by atoms with Crippen LogP contribution < -0.4 is 10.1 Å². The molecular formula is C19H30N4O2. The fraction of sp³-hybridized carbons (Fsp3) is 0.579. The van der Waals surface area contributed by atoms with E-state index in [1.165, 1.54) is 5.56 Å². The molecule has 0 spiro atoms. The number of aliphatic imine (C=N–C) groups is 1. The Bertz CT molecular complexity index is 578. The summed E-state index contributed by atoms with van der Waals surface area (Å²) < 4.78 is 5.93. The van der Waals surface area contributed by atoms with Gasteiger partial charge in [0.2, 0.25) is 5.91 Å². The Balaban J connectivity index is 1.90. The summed E-state index contributed by atoms with van der Waals surface area (Å²) in [7, 11) is 0. The first-order chi connectivity index (χ1) is 12.0. The number of amides is 1. The van der Waals surface area contributed by atoms with Gasteiger partial charge in [0, 0.05) is 39.6 Å². The third kappa shape index (κ3) is 5.96. The molecular weight excluding hydrogens is 316 g/mol. The topological polar surface area (TPSA) is 57.2 Å². The van der Waals surface area contributed by atoms with Crippen LogP contribution in [0, 0.1) is 6.92 Å². The second-order valence-corrected chi connectivity index (χ2v) is 6.43. The number of benzene rings is 1. The molecule has 1 unspecified atom stereocenters. The molecule has 1 heterocycles. The molecule has 0 bridgehead atoms. The molecule has 1 saturated heterocycles. The third-order valence-electron chi connectivity index (χ3n) is 4.22. The average molecular weight is 346 g/mol. The van der Waals surface area contributed by atoms with Crippen molar-refractivity contribution in [1.82, 2.24) is 15.1 Å². The lowest BCUT2D eigenvalue weighted by atomic mass is 10.2. The molecule has 6 nitrogen and oxygen atoms in total. The van der Waals surface area contributed by atoms with Gasteiger partial charge in [-0.15, -0.1) is 0 Å². The van der Waals surface area contributed by atoms with Crippen molar-refractivity contribution < 1.29 is 9.53 Å². The van der Waals surface area contributed by atoms with Gasteiger partial charge in [0.25, 0.3) is 0 Å². The quantitative estimate of drug-likeness (QED) is 0.653. The van der Waals surface area contributed by atoms with Crippen molar-refractivity contribution in [3.63, 3.8) is 0 Å². The van der Waals surface area contributed by atoms with Crippen LogP contribution in [-0.2, 0) is 4.79 Å². The van der Waals surface area contributed by atoms with Crippen LogP contribution in [0.1, 0.15) is 26.3 Å². The largest absolute Gasteiger partial charge is 0.489 e. The van der Waals surface area contributed by atoms with E-state index in [1.54, 1.807) is 6.92 Å². The van der Waals surface area contributed by atoms with Crippen LogP contribution >= 0.6 is 0 Å². The first kappa shape index (κ1) is 19.1. The Morgan fingerprint density at radius 1 is 1.20 bits per heavy atom. The van der Waals surface area contributed by atoms with Crippen molar-refractivity contribution in [3.8, 4) is 5.75 Å². The summed E-state index contributed by atoms with van der Waals surface area (Å²) >= 11 is 0. The number of hydrogen-bond donors (Lipinski definition) is 1. The van der Waals surface area contributed by atoms with Crippen molar-refractivity contribution in [2.24, 2.45) is 4.99 Å². The first-order valence-electron chi connectivity index (χ1n) is 9.01. The van der Waals surface area contributed by atoms with Gasteiger partial charge < -0.3 is 19.9 Å². The van der Waals surface area contributed by atoms with Crippen LogP contribution in [0.5, 0.6) is 5.75 Å². The minimum absolute atomic E-state index is 0.00475. The molecule has 2 rings (SSSR count). The van der Waals surface area contributed by atoms with Crippen molar-refractivity contribution in [2.45, 2.75) is 33.8 Å². The monoisotopic (exact) mass is 346 g/mol. The van der Waals surface area contributed by atoms with Gasteiger partial charge >= 0.3 is 0 Å². The maximum absolute atomic E-state index is 11.5. The SMILES string of the molecule is CCNC(=NCC(C)Oc1ccc(C)cc1)N1CCN(C(C)=O)CC1. The molecule has 1 aromatic rings. The summed E-state index contributed by atoms with van der Waals surface area (Å²) in [5.41, 5.74) is 1.22. The van der Waals surface area contributed by atoms with Crippen molar-refractivity contribution in [1.29, 1.82) is 0 Å². The number of carbonyl (C=O) groups is 1. The molecule has 0 radical (unpaired) electrons. The van der Waals surface area contributed by atoms with E-state index in [-0.39, 0.29) is 12.0 Å². The lowest BCUT2D eigenvalue weighted by Crippen LogP contribution is -2.53. The van der Waals surface area contributed by atoms with Crippen LogP contribution in [0.25, 0.3) is 0 Å². The summed E-state index contributed by atoms with van der Waals surface area (Å²) in [4.78, 5) is 20.3. The van der Waals surface area contributed by atoms with Gasteiger partial charge in [-0.3, -0.25) is 4.79 Å². The Morgan fingerprint density at radius 2 is 1.80 bits per heavy atom. The number of rotatable bonds is 5. The number of hydrogen-bond acceptors (Lipinski definition) is 3. The van der Waals surface area contributed by atoms with E-state index < -0.39 is 0 Å². The minimum atomic E-state index is -0.00475. The lowest BCUT2D eigenvalue weighted by Gasteiger charge is -2.36. The predicted molar refractivity (Wildman–Crippen MR) is 101 cm³/mol. The van der Waals surface area contributed by atoms with Gasteiger partial charge in [0.1, 0.15) is 11.9 Å². The highest BCUT2D eigenvalue weighted by molar-refractivity contribution is 5.80. The van der Waals surface area contributed by atoms with E-state index in [2.05, 4.69) is 24.1 Å². The van der Waals surface area contributed by atoms with E-state index >= 15 is 0 Å². The normalized spacial score (nSPS) is 16.6. The molecule has 0 saturated carbocycles. The molecule has 1 fully saturated rings. The summed E-state index contributed by atoms with van der Waals surface area (Å²) in [6.07, 6.45) is -0.00475. The summed E-state index contributed by atoms with van der Waals surface area (Å²) in [5, 5.41) is 3.34. The first-order valence-corrected chi connectivity index (χ1v) is 9.01. The molecule has 1 atom stereocenters. The zero-order valence-electron chi connectivity index (χ0n) is 15.8. The van der Waals surface area contributed by atoms with Gasteiger partial charge in [-0.25, -0.2) is 4.99 Å². The van der Waals surface area contributed by atoms with E-state index in [0.717, 1.165) is 44.4 Å². The van der Waals surface area contributed by atoms with Crippen LogP contribution in [0.4, 0.5) is 0 Å². The predicted octanol–water partition coefficient (Wildman–Crippen LogP) is 1.89. The van der Waals surface area contributed by atoms with Gasteiger partial charge in [-0.2, -0.15) is 0 Å². The Morgan fingerprint density at radius 3 is 2.36 bits per heavy atom. The maximum Gasteiger partial charge on any atom is 0.219 e. The third-order valence-corrected chi connectivity index (χ3v) is 4.22. The van der Waals surface area contributed by atoms with E-state index in [1.807, 2.05) is 36.1 Å². The molecule has 0 aliphatic carbocycles. The Hall–Kier alpha value is -2.24.